The van der Waals surface area contributed by atoms with E-state index in [9.17, 15) is 0 Å². The molecule has 6 saturated carbocycles. The number of halogens is 2. The maximum Gasteiger partial charge on any atom is 0.125 e. The van der Waals surface area contributed by atoms with E-state index in [-0.39, 0.29) is 22.5 Å². The Labute approximate surface area is 450 Å². The topological polar surface area (TPSA) is 6.48 Å². The van der Waals surface area contributed by atoms with Crippen molar-refractivity contribution in [3.05, 3.63) is 216 Å². The summed E-state index contributed by atoms with van der Waals surface area (Å²) in [5, 5.41) is 6.85. The minimum absolute atomic E-state index is 0.0106. The van der Waals surface area contributed by atoms with E-state index < -0.39 is 0 Å². The van der Waals surface area contributed by atoms with Gasteiger partial charge in [-0.2, -0.15) is 0 Å². The third-order valence-electron chi connectivity index (χ3n) is 21.5. The SMILES string of the molecule is CC1CC2CC(C)C3(c4ccccc4-c4c(N(c5cccc(F)c5)c5ccc6ccc7c(N(c8cccc(F)c8)c8cccc9c8-c8ccccc8C98C9CC%10CC(C9)CC8C%10)ccc8ccc5c6c87)cccc43)C(C1)C2. The highest BCUT2D eigenvalue weighted by Gasteiger charge is 2.62. The van der Waals surface area contributed by atoms with Crippen LogP contribution in [0.2, 0.25) is 0 Å². The van der Waals surface area contributed by atoms with Crippen LogP contribution in [0.4, 0.5) is 42.9 Å². The summed E-state index contributed by atoms with van der Waals surface area (Å²) in [6.07, 6.45) is 11.7. The molecule has 8 aliphatic carbocycles. The lowest BCUT2D eigenvalue weighted by Gasteiger charge is -2.61. The van der Waals surface area contributed by atoms with E-state index in [0.29, 0.717) is 29.6 Å². The van der Waals surface area contributed by atoms with E-state index in [1.54, 1.807) is 24.3 Å². The van der Waals surface area contributed by atoms with Crippen molar-refractivity contribution < 1.29 is 8.78 Å². The standard InChI is InChI=1S/C73H62F2N2/c1-42-31-44-33-43(2)72(49(32-42)35-44)60-17-5-3-15-56(60)70-62(72)19-9-21-66(70)76(54-13-7-11-52(74)40-54)64-29-25-47-24-28-59-65(30-26-48-23-27-58(64)68(47)69(48)59)77(55-14-8-12-53(75)41-55)67-22-10-20-63-71(67)57-16-4-6-18-61(57)73(63)50-36-45-34-46(38-50)39-51(73)37-45/h3-30,40-46,49-51H,31-39H2,1-2H3. The molecule has 4 heteroatoms. The first-order chi connectivity index (χ1) is 37.8. The van der Waals surface area contributed by atoms with E-state index in [1.807, 2.05) is 12.1 Å². The summed E-state index contributed by atoms with van der Waals surface area (Å²) in [6, 6.07) is 65.4. The van der Waals surface area contributed by atoms with Crippen molar-refractivity contribution in [1.82, 2.24) is 0 Å². The smallest absolute Gasteiger partial charge is 0.125 e. The first-order valence-electron chi connectivity index (χ1n) is 29.1. The van der Waals surface area contributed by atoms with Crippen LogP contribution in [0.15, 0.2) is 182 Å². The Kier molecular flexibility index (Phi) is 9.39. The third-order valence-corrected chi connectivity index (χ3v) is 21.5. The molecule has 0 aromatic heterocycles. The van der Waals surface area contributed by atoms with Gasteiger partial charge in [-0.15, -0.1) is 0 Å². The quantitative estimate of drug-likeness (QED) is 0.153. The van der Waals surface area contributed by atoms with Crippen molar-refractivity contribution in [2.75, 3.05) is 9.80 Å². The predicted octanol–water partition coefficient (Wildman–Crippen LogP) is 19.9. The molecule has 18 rings (SSSR count). The monoisotopic (exact) mass is 1000 g/mol. The number of rotatable bonds is 6. The van der Waals surface area contributed by atoms with Crippen molar-refractivity contribution in [1.29, 1.82) is 0 Å². The van der Waals surface area contributed by atoms with Crippen LogP contribution in [0.25, 0.3) is 54.6 Å². The van der Waals surface area contributed by atoms with Gasteiger partial charge in [-0.25, -0.2) is 8.78 Å². The van der Waals surface area contributed by atoms with Crippen LogP contribution in [0.3, 0.4) is 0 Å². The van der Waals surface area contributed by atoms with Gasteiger partial charge in [-0.3, -0.25) is 0 Å². The summed E-state index contributed by atoms with van der Waals surface area (Å²) < 4.78 is 31.9. The van der Waals surface area contributed by atoms with Gasteiger partial charge in [0.05, 0.1) is 22.7 Å². The lowest BCUT2D eigenvalue weighted by Crippen LogP contribution is -2.55. The zero-order valence-electron chi connectivity index (χ0n) is 44.0. The molecule has 0 saturated heterocycles. The van der Waals surface area contributed by atoms with Gasteiger partial charge in [-0.05, 0) is 221 Å². The highest BCUT2D eigenvalue weighted by molar-refractivity contribution is 6.28. The van der Waals surface area contributed by atoms with Crippen molar-refractivity contribution in [2.45, 2.75) is 82.5 Å². The van der Waals surface area contributed by atoms with Gasteiger partial charge < -0.3 is 9.80 Å². The molecular formula is C73H62F2N2. The van der Waals surface area contributed by atoms with Gasteiger partial charge in [0.15, 0.2) is 0 Å². The van der Waals surface area contributed by atoms with Crippen LogP contribution in [0, 0.1) is 59.0 Å². The molecular weight excluding hydrogens is 943 g/mol. The van der Waals surface area contributed by atoms with E-state index in [1.165, 1.54) is 113 Å². The molecule has 5 atom stereocenters. The Hall–Kier alpha value is -7.30. The van der Waals surface area contributed by atoms with Crippen molar-refractivity contribution in [3.8, 4) is 22.3 Å². The summed E-state index contributed by atoms with van der Waals surface area (Å²) in [6.45, 7) is 5.01. The van der Waals surface area contributed by atoms with Crippen LogP contribution in [0.5, 0.6) is 0 Å². The molecule has 0 radical (unpaired) electrons. The molecule has 6 fully saturated rings. The van der Waals surface area contributed by atoms with E-state index >= 15 is 8.78 Å². The number of benzene rings is 10. The molecule has 10 aromatic carbocycles. The summed E-state index contributed by atoms with van der Waals surface area (Å²) >= 11 is 0. The zero-order chi connectivity index (χ0) is 51.1. The second kappa shape index (κ2) is 16.1. The number of fused-ring (bicyclic) bond motifs is 11. The molecule has 2 spiro atoms. The molecule has 77 heavy (non-hydrogen) atoms. The van der Waals surface area contributed by atoms with Gasteiger partial charge in [-0.1, -0.05) is 135 Å². The second-order valence-electron chi connectivity index (χ2n) is 25.3. The second-order valence-corrected chi connectivity index (χ2v) is 25.3. The average Bonchev–Trinajstić information content (AvgIpc) is 4.12. The molecule has 8 aliphatic rings. The first-order valence-corrected chi connectivity index (χ1v) is 29.1. The van der Waals surface area contributed by atoms with Crippen molar-refractivity contribution in [2.24, 2.45) is 47.3 Å². The van der Waals surface area contributed by atoms with Gasteiger partial charge >= 0.3 is 0 Å². The van der Waals surface area contributed by atoms with Crippen LogP contribution in [-0.4, -0.2) is 0 Å². The molecule has 0 heterocycles. The molecule has 378 valence electrons. The molecule has 6 bridgehead atoms. The first kappa shape index (κ1) is 44.8. The van der Waals surface area contributed by atoms with Crippen molar-refractivity contribution >= 4 is 66.4 Å². The van der Waals surface area contributed by atoms with Gasteiger partial charge in [0.1, 0.15) is 11.6 Å². The van der Waals surface area contributed by atoms with E-state index in [4.69, 9.17) is 0 Å². The Balaban J connectivity index is 0.893. The summed E-state index contributed by atoms with van der Waals surface area (Å²) in [5.41, 5.74) is 16.8. The number of hydrogen-bond donors (Lipinski definition) is 0. The Morgan fingerprint density at radius 1 is 0.377 bits per heavy atom. The van der Waals surface area contributed by atoms with Crippen molar-refractivity contribution in [3.63, 3.8) is 0 Å². The lowest BCUT2D eigenvalue weighted by molar-refractivity contribution is -0.0399. The Morgan fingerprint density at radius 2 is 0.818 bits per heavy atom. The van der Waals surface area contributed by atoms with Crippen LogP contribution < -0.4 is 9.80 Å². The molecule has 2 nitrogen and oxygen atoms in total. The van der Waals surface area contributed by atoms with Gasteiger partial charge in [0.25, 0.3) is 0 Å². The summed E-state index contributed by atoms with van der Waals surface area (Å²) in [4.78, 5) is 4.75. The van der Waals surface area contributed by atoms with E-state index in [2.05, 4.69) is 169 Å². The van der Waals surface area contributed by atoms with Crippen LogP contribution >= 0.6 is 0 Å². The maximum atomic E-state index is 15.9. The van der Waals surface area contributed by atoms with Gasteiger partial charge in [0, 0.05) is 44.1 Å². The Morgan fingerprint density at radius 3 is 1.35 bits per heavy atom. The Bertz CT molecular complexity index is 4060. The fourth-order valence-corrected chi connectivity index (χ4v) is 19.5. The minimum Gasteiger partial charge on any atom is -0.309 e. The largest absolute Gasteiger partial charge is 0.309 e. The highest BCUT2D eigenvalue weighted by atomic mass is 19.1. The zero-order valence-corrected chi connectivity index (χ0v) is 44.0. The van der Waals surface area contributed by atoms with E-state index in [0.717, 1.165) is 73.4 Å². The molecule has 10 aromatic rings. The fourth-order valence-electron chi connectivity index (χ4n) is 19.5. The van der Waals surface area contributed by atoms with Crippen LogP contribution in [0.1, 0.15) is 93.9 Å². The van der Waals surface area contributed by atoms with Crippen LogP contribution in [-0.2, 0) is 10.8 Å². The summed E-state index contributed by atoms with van der Waals surface area (Å²) in [7, 11) is 0. The summed E-state index contributed by atoms with van der Waals surface area (Å²) in [5.74, 6) is 4.94. The molecule has 0 aliphatic heterocycles. The average molecular weight is 1010 g/mol. The number of hydrogen-bond acceptors (Lipinski definition) is 2. The third kappa shape index (κ3) is 5.95. The fraction of sp³-hybridized carbons (Fsp3) is 0.288. The molecule has 0 amide bonds. The lowest BCUT2D eigenvalue weighted by atomic mass is 9.43. The molecule has 0 N–H and O–H groups in total. The predicted molar refractivity (Wildman–Crippen MR) is 313 cm³/mol. The normalized spacial score (nSPS) is 27.9. The molecule has 5 unspecified atom stereocenters. The van der Waals surface area contributed by atoms with Gasteiger partial charge in [0.2, 0.25) is 0 Å². The number of anilines is 6. The highest BCUT2D eigenvalue weighted by Crippen LogP contribution is 2.71. The maximum absolute atomic E-state index is 15.9. The minimum atomic E-state index is -0.260. The number of nitrogens with zero attached hydrogens (tertiary/aromatic N) is 2.